The van der Waals surface area contributed by atoms with E-state index in [2.05, 4.69) is 4.98 Å². The monoisotopic (exact) mass is 218 g/mol. The minimum Gasteiger partial charge on any atom is -0.649 e. The smallest absolute Gasteiger partial charge is 0.494 e. The summed E-state index contributed by atoms with van der Waals surface area (Å²) in [6, 6.07) is 9.54. The van der Waals surface area contributed by atoms with Gasteiger partial charge in [0.2, 0.25) is 0 Å². The lowest BCUT2D eigenvalue weighted by Gasteiger charge is -2.07. The van der Waals surface area contributed by atoms with Crippen LogP contribution in [0.4, 0.5) is 4.39 Å². The fourth-order valence-electron chi connectivity index (χ4n) is 1.51. The molecule has 0 bridgehead atoms. The zero-order chi connectivity index (χ0) is 10.7. The zero-order valence-electron chi connectivity index (χ0n) is 8.24. The zero-order valence-corrected chi connectivity index (χ0v) is 9.66. The van der Waals surface area contributed by atoms with Gasteiger partial charge in [0.1, 0.15) is 11.3 Å². The van der Waals surface area contributed by atoms with Crippen LogP contribution >= 0.6 is 0 Å². The van der Waals surface area contributed by atoms with Crippen LogP contribution in [-0.4, -0.2) is 28.3 Å². The first-order valence-corrected chi connectivity index (χ1v) is 5.29. The highest BCUT2D eigenvalue weighted by Crippen LogP contribution is 2.23. The first kappa shape index (κ1) is 10.4. The second-order valence-corrected chi connectivity index (χ2v) is 3.50. The highest BCUT2D eigenvalue weighted by atomic mass is 27.1. The first-order chi connectivity index (χ1) is 7.35. The molecule has 0 aliphatic heterocycles. The Morgan fingerprint density at radius 2 is 2.13 bits per heavy atom. The van der Waals surface area contributed by atoms with Gasteiger partial charge in [-0.3, -0.25) is 4.39 Å². The third-order valence-corrected chi connectivity index (χ3v) is 2.56. The third kappa shape index (κ3) is 2.12. The predicted octanol–water partition coefficient (Wildman–Crippen LogP) is 1.94. The van der Waals surface area contributed by atoms with Gasteiger partial charge in [0.25, 0.3) is 0 Å². The number of hydrogen-bond acceptors (Lipinski definition) is 2. The molecule has 0 N–H and O–H groups in total. The van der Waals surface area contributed by atoms with Crippen LogP contribution in [0.15, 0.2) is 30.3 Å². The summed E-state index contributed by atoms with van der Waals surface area (Å²) in [7, 11) is 0. The molecule has 1 aromatic carbocycles. The molecule has 0 amide bonds. The van der Waals surface area contributed by atoms with Gasteiger partial charge in [-0.15, -0.1) is 0 Å². The maximum absolute atomic E-state index is 12.2. The Bertz CT molecular complexity index is 475. The summed E-state index contributed by atoms with van der Waals surface area (Å²) >= 11 is 1.41. The van der Waals surface area contributed by atoms with Crippen molar-refractivity contribution in [1.82, 2.24) is 4.98 Å². The van der Waals surface area contributed by atoms with E-state index in [0.717, 1.165) is 22.3 Å². The van der Waals surface area contributed by atoms with Gasteiger partial charge in [0.15, 0.2) is 0 Å². The van der Waals surface area contributed by atoms with Crippen LogP contribution in [0.3, 0.4) is 0 Å². The number of aryl methyl sites for hydroxylation is 1. The molecule has 0 saturated heterocycles. The van der Waals surface area contributed by atoms with Crippen molar-refractivity contribution in [2.24, 2.45) is 0 Å². The van der Waals surface area contributed by atoms with E-state index in [1.807, 2.05) is 30.3 Å². The van der Waals surface area contributed by atoms with Crippen LogP contribution in [-0.2, 0) is 6.42 Å². The van der Waals surface area contributed by atoms with E-state index in [4.69, 9.17) is 3.79 Å². The average molecular weight is 218 g/mol. The molecule has 75 valence electrons. The number of rotatable bonds is 3. The Balaban J connectivity index is 2.57. The molecule has 0 atom stereocenters. The Morgan fingerprint density at radius 1 is 1.27 bits per heavy atom. The molecule has 1 aromatic heterocycles. The summed E-state index contributed by atoms with van der Waals surface area (Å²) in [6.07, 6.45) is 0.357. The van der Waals surface area contributed by atoms with Crippen molar-refractivity contribution in [1.29, 1.82) is 0 Å². The SMILES string of the molecule is FCCc1ccc2cccc([O][AlH])c2n1. The Hall–Kier alpha value is -1.11. The number of alkyl halides is 1. The second-order valence-electron chi connectivity index (χ2n) is 3.21. The molecular weight excluding hydrogens is 208 g/mol. The number of pyridine rings is 1. The van der Waals surface area contributed by atoms with E-state index < -0.39 is 0 Å². The van der Waals surface area contributed by atoms with Crippen molar-refractivity contribution >= 4 is 27.5 Å². The molecule has 0 saturated carbocycles. The van der Waals surface area contributed by atoms with Crippen molar-refractivity contribution in [3.63, 3.8) is 0 Å². The van der Waals surface area contributed by atoms with E-state index >= 15 is 0 Å². The molecule has 0 spiro atoms. The molecule has 2 aromatic rings. The summed E-state index contributed by atoms with van der Waals surface area (Å²) in [6.45, 7) is -0.380. The van der Waals surface area contributed by atoms with Gasteiger partial charge in [-0.2, -0.15) is 0 Å². The van der Waals surface area contributed by atoms with Gasteiger partial charge in [-0.05, 0) is 12.1 Å². The van der Waals surface area contributed by atoms with Gasteiger partial charge in [-0.25, -0.2) is 4.98 Å². The molecule has 2 nitrogen and oxygen atoms in total. The lowest BCUT2D eigenvalue weighted by Crippen LogP contribution is -1.94. The molecule has 4 heteroatoms. The lowest BCUT2D eigenvalue weighted by atomic mass is 10.2. The van der Waals surface area contributed by atoms with Crippen LogP contribution in [0.5, 0.6) is 5.75 Å². The molecule has 1 radical (unpaired) electrons. The number of para-hydroxylation sites is 1. The van der Waals surface area contributed by atoms with Crippen molar-refractivity contribution in [3.05, 3.63) is 36.0 Å². The molecule has 0 fully saturated rings. The molecule has 0 aliphatic rings. The number of hydrogen-bond donors (Lipinski definition) is 0. The molecule has 2 rings (SSSR count). The maximum Gasteiger partial charge on any atom is 0.494 e. The number of fused-ring (bicyclic) bond motifs is 1. The number of aromatic nitrogens is 1. The highest BCUT2D eigenvalue weighted by Gasteiger charge is 2.02. The van der Waals surface area contributed by atoms with Gasteiger partial charge in [0.05, 0.1) is 6.67 Å². The van der Waals surface area contributed by atoms with Gasteiger partial charge < -0.3 is 3.79 Å². The van der Waals surface area contributed by atoms with Crippen LogP contribution in [0.2, 0.25) is 0 Å². The van der Waals surface area contributed by atoms with Crippen molar-refractivity contribution in [3.8, 4) is 5.75 Å². The third-order valence-electron chi connectivity index (χ3n) is 2.25. The fraction of sp³-hybridized carbons (Fsp3) is 0.182. The van der Waals surface area contributed by atoms with Gasteiger partial charge in [-0.1, -0.05) is 18.2 Å². The summed E-state index contributed by atoms with van der Waals surface area (Å²) < 4.78 is 17.4. The Morgan fingerprint density at radius 3 is 2.87 bits per heavy atom. The molecule has 0 aliphatic carbocycles. The van der Waals surface area contributed by atoms with E-state index in [-0.39, 0.29) is 6.67 Å². The predicted molar refractivity (Wildman–Crippen MR) is 59.2 cm³/mol. The van der Waals surface area contributed by atoms with Crippen molar-refractivity contribution in [2.75, 3.05) is 6.67 Å². The molecular formula is C11H10AlFNO. The fourth-order valence-corrected chi connectivity index (χ4v) is 1.75. The van der Waals surface area contributed by atoms with E-state index in [0.29, 0.717) is 6.42 Å². The Kier molecular flexibility index (Phi) is 3.20. The number of nitrogens with zero attached hydrogens (tertiary/aromatic N) is 1. The first-order valence-electron chi connectivity index (χ1n) is 4.72. The lowest BCUT2D eigenvalue weighted by molar-refractivity contribution is 0.492. The molecule has 0 unspecified atom stereocenters. The average Bonchev–Trinajstić information content (AvgIpc) is 2.28. The highest BCUT2D eigenvalue weighted by molar-refractivity contribution is 6.01. The van der Waals surface area contributed by atoms with E-state index in [1.54, 1.807) is 0 Å². The quantitative estimate of drug-likeness (QED) is 0.734. The summed E-state index contributed by atoms with van der Waals surface area (Å²) in [4.78, 5) is 4.38. The van der Waals surface area contributed by atoms with E-state index in [1.165, 1.54) is 16.6 Å². The number of halogens is 1. The summed E-state index contributed by atoms with van der Waals surface area (Å²) in [5, 5.41) is 1.02. The Labute approximate surface area is 95.8 Å². The van der Waals surface area contributed by atoms with Crippen LogP contribution in [0.1, 0.15) is 5.69 Å². The maximum atomic E-state index is 12.2. The van der Waals surface area contributed by atoms with Crippen LogP contribution in [0.25, 0.3) is 10.9 Å². The molecule has 15 heavy (non-hydrogen) atoms. The normalized spacial score (nSPS) is 10.5. The van der Waals surface area contributed by atoms with Gasteiger partial charge >= 0.3 is 16.6 Å². The topological polar surface area (TPSA) is 22.1 Å². The molecule has 1 heterocycles. The van der Waals surface area contributed by atoms with Crippen molar-refractivity contribution in [2.45, 2.75) is 6.42 Å². The van der Waals surface area contributed by atoms with E-state index in [9.17, 15) is 4.39 Å². The largest absolute Gasteiger partial charge is 0.649 e. The van der Waals surface area contributed by atoms with Crippen LogP contribution in [0, 0.1) is 0 Å². The minimum absolute atomic E-state index is 0.357. The van der Waals surface area contributed by atoms with Crippen molar-refractivity contribution < 1.29 is 8.18 Å². The van der Waals surface area contributed by atoms with Gasteiger partial charge in [0, 0.05) is 17.5 Å². The van der Waals surface area contributed by atoms with Crippen LogP contribution < -0.4 is 3.79 Å². The minimum atomic E-state index is -0.380. The second kappa shape index (κ2) is 4.61. The number of benzene rings is 1. The standard InChI is InChI=1S/C11H10FNO.Al.H/c12-7-6-9-5-4-8-2-1-3-10(14)11(8)13-9;;/h1-5,14H,6-7H2;;/q;+1;/p-1. The summed E-state index contributed by atoms with van der Waals surface area (Å²) in [5.41, 5.74) is 1.57. The summed E-state index contributed by atoms with van der Waals surface area (Å²) in [5.74, 6) is 0.742.